The molecule has 0 aromatic carbocycles. The third-order valence-corrected chi connectivity index (χ3v) is 4.59. The van der Waals surface area contributed by atoms with E-state index >= 15 is 0 Å². The van der Waals surface area contributed by atoms with Gasteiger partial charge in [0, 0.05) is 23.8 Å². The third-order valence-electron chi connectivity index (χ3n) is 3.11. The van der Waals surface area contributed by atoms with Crippen molar-refractivity contribution >= 4 is 33.8 Å². The van der Waals surface area contributed by atoms with E-state index in [-0.39, 0.29) is 0 Å². The highest BCUT2D eigenvalue weighted by molar-refractivity contribution is 7.14. The predicted molar refractivity (Wildman–Crippen MR) is 93.9 cm³/mol. The van der Waals surface area contributed by atoms with Crippen LogP contribution in [0.3, 0.4) is 0 Å². The lowest BCUT2D eigenvalue weighted by molar-refractivity contribution is 0.474. The van der Waals surface area contributed by atoms with Crippen LogP contribution in [0.15, 0.2) is 34.5 Å². The van der Waals surface area contributed by atoms with E-state index in [0.29, 0.717) is 10.9 Å². The average Bonchev–Trinajstić information content (AvgIpc) is 3.26. The van der Waals surface area contributed by atoms with Crippen LogP contribution in [0.1, 0.15) is 6.42 Å². The number of hydrogen-bond acceptors (Lipinski definition) is 10. The van der Waals surface area contributed by atoms with Crippen molar-refractivity contribution in [3.63, 3.8) is 0 Å². The zero-order valence-electron chi connectivity index (χ0n) is 12.5. The number of thiazole rings is 2. The Labute approximate surface area is 145 Å². The maximum atomic E-state index is 5.62. The van der Waals surface area contributed by atoms with Crippen LogP contribution in [0, 0.1) is 0 Å². The van der Waals surface area contributed by atoms with E-state index in [1.54, 1.807) is 12.4 Å². The molecule has 0 radical (unpaired) electrons. The van der Waals surface area contributed by atoms with Gasteiger partial charge in [0.1, 0.15) is 17.7 Å². The van der Waals surface area contributed by atoms with Crippen molar-refractivity contribution < 1.29 is 4.74 Å². The highest BCUT2D eigenvalue weighted by Gasteiger charge is 2.12. The van der Waals surface area contributed by atoms with E-state index in [1.165, 1.54) is 29.0 Å². The number of anilines is 1. The number of hydrogen-bond donors (Lipinski definition) is 2. The van der Waals surface area contributed by atoms with Gasteiger partial charge in [-0.25, -0.2) is 19.9 Å². The van der Waals surface area contributed by atoms with E-state index in [1.807, 2.05) is 10.8 Å². The molecule has 0 fully saturated rings. The lowest BCUT2D eigenvalue weighted by Gasteiger charge is -2.13. The van der Waals surface area contributed by atoms with Crippen molar-refractivity contribution in [1.82, 2.24) is 25.3 Å². The van der Waals surface area contributed by atoms with Crippen LogP contribution in [-0.2, 0) is 0 Å². The molecular weight excluding hydrogens is 346 g/mol. The van der Waals surface area contributed by atoms with E-state index < -0.39 is 0 Å². The molecule has 0 bridgehead atoms. The molecule has 0 aliphatic carbocycles. The molecular formula is C14H13N7OS2. The standard InChI is InChI=1S/C14H13N7OS2/c1-2-17-12(18-3-1)21-13-19-10(6-23-13)11-7-24-14(20-11)22-9-4-15-8-16-5-9/h4-8H,1-3H2,(H2,17,18,19,21). The first-order chi connectivity index (χ1) is 11.9. The third kappa shape index (κ3) is 3.49. The molecule has 24 heavy (non-hydrogen) atoms. The number of nitrogens with one attached hydrogen (secondary N) is 2. The van der Waals surface area contributed by atoms with Crippen LogP contribution < -0.4 is 15.4 Å². The molecule has 0 saturated carbocycles. The molecule has 4 rings (SSSR count). The Morgan fingerprint density at radius 2 is 1.92 bits per heavy atom. The molecule has 0 saturated heterocycles. The summed E-state index contributed by atoms with van der Waals surface area (Å²) in [5.74, 6) is 1.33. The lowest BCUT2D eigenvalue weighted by Crippen LogP contribution is -2.35. The minimum Gasteiger partial charge on any atom is -0.428 e. The first kappa shape index (κ1) is 15.0. The molecule has 1 aliphatic rings. The number of aromatic nitrogens is 4. The van der Waals surface area contributed by atoms with Gasteiger partial charge in [-0.15, -0.1) is 11.3 Å². The predicted octanol–water partition coefficient (Wildman–Crippen LogP) is 2.61. The van der Waals surface area contributed by atoms with Gasteiger partial charge in [0.25, 0.3) is 5.19 Å². The fourth-order valence-corrected chi connectivity index (χ4v) is 3.41. The Bertz CT molecular complexity index is 846. The van der Waals surface area contributed by atoms with Crippen molar-refractivity contribution in [2.45, 2.75) is 6.42 Å². The second-order valence-electron chi connectivity index (χ2n) is 4.85. The molecule has 2 N–H and O–H groups in total. The van der Waals surface area contributed by atoms with Crippen LogP contribution in [0.25, 0.3) is 11.4 Å². The van der Waals surface area contributed by atoms with Crippen LogP contribution in [0.4, 0.5) is 5.13 Å². The summed E-state index contributed by atoms with van der Waals surface area (Å²) >= 11 is 2.92. The van der Waals surface area contributed by atoms with Crippen LogP contribution in [0.5, 0.6) is 10.9 Å². The van der Waals surface area contributed by atoms with Crippen molar-refractivity contribution in [3.8, 4) is 22.3 Å². The van der Waals surface area contributed by atoms with Crippen LogP contribution >= 0.6 is 22.7 Å². The van der Waals surface area contributed by atoms with Crippen LogP contribution in [-0.4, -0.2) is 39.0 Å². The first-order valence-electron chi connectivity index (χ1n) is 7.26. The maximum absolute atomic E-state index is 5.62. The lowest BCUT2D eigenvalue weighted by atomic mass is 10.4. The Morgan fingerprint density at radius 1 is 1.08 bits per heavy atom. The number of ether oxygens (including phenoxy) is 1. The molecule has 3 aromatic rings. The SMILES string of the molecule is c1ncc(Oc2nc(-c3csc(NC4=NCCCN4)n3)cs2)cn1. The van der Waals surface area contributed by atoms with Gasteiger partial charge in [-0.05, 0) is 6.42 Å². The molecule has 0 amide bonds. The zero-order valence-corrected chi connectivity index (χ0v) is 14.1. The number of nitrogens with zero attached hydrogens (tertiary/aromatic N) is 5. The summed E-state index contributed by atoms with van der Waals surface area (Å²) in [7, 11) is 0. The Kier molecular flexibility index (Phi) is 4.30. The minimum atomic E-state index is 0.528. The van der Waals surface area contributed by atoms with Gasteiger partial charge < -0.3 is 15.4 Å². The molecule has 10 heteroatoms. The molecule has 0 unspecified atom stereocenters. The van der Waals surface area contributed by atoms with Gasteiger partial charge in [-0.3, -0.25) is 4.99 Å². The summed E-state index contributed by atoms with van der Waals surface area (Å²) in [4.78, 5) is 21.2. The topological polar surface area (TPSA) is 97.2 Å². The number of rotatable bonds is 4. The maximum Gasteiger partial charge on any atom is 0.279 e. The van der Waals surface area contributed by atoms with Gasteiger partial charge >= 0.3 is 0 Å². The Morgan fingerprint density at radius 3 is 2.75 bits per heavy atom. The summed E-state index contributed by atoms with van der Waals surface area (Å²) in [5.41, 5.74) is 1.57. The summed E-state index contributed by atoms with van der Waals surface area (Å²) in [6, 6.07) is 0. The van der Waals surface area contributed by atoms with Crippen molar-refractivity contribution in [3.05, 3.63) is 29.5 Å². The Balaban J connectivity index is 1.45. The monoisotopic (exact) mass is 359 g/mol. The fourth-order valence-electron chi connectivity index (χ4n) is 2.03. The highest BCUT2D eigenvalue weighted by atomic mass is 32.1. The van der Waals surface area contributed by atoms with Crippen molar-refractivity contribution in [2.24, 2.45) is 4.99 Å². The van der Waals surface area contributed by atoms with E-state index in [0.717, 1.165) is 42.0 Å². The van der Waals surface area contributed by atoms with E-state index in [4.69, 9.17) is 4.74 Å². The second kappa shape index (κ2) is 6.89. The molecule has 4 heterocycles. The van der Waals surface area contributed by atoms with E-state index in [9.17, 15) is 0 Å². The fraction of sp³-hybridized carbons (Fsp3) is 0.214. The normalized spacial score (nSPS) is 13.9. The average molecular weight is 359 g/mol. The summed E-state index contributed by atoms with van der Waals surface area (Å²) in [6.07, 6.45) is 5.70. The zero-order chi connectivity index (χ0) is 16.2. The first-order valence-corrected chi connectivity index (χ1v) is 9.02. The summed E-state index contributed by atoms with van der Waals surface area (Å²) in [6.45, 7) is 1.77. The van der Waals surface area contributed by atoms with Crippen molar-refractivity contribution in [2.75, 3.05) is 18.4 Å². The number of aliphatic imine (C=N–C) groups is 1. The van der Waals surface area contributed by atoms with Crippen LogP contribution in [0.2, 0.25) is 0 Å². The quantitative estimate of drug-likeness (QED) is 0.739. The minimum absolute atomic E-state index is 0.528. The molecule has 8 nitrogen and oxygen atoms in total. The van der Waals surface area contributed by atoms with Gasteiger partial charge in [0.2, 0.25) is 0 Å². The largest absolute Gasteiger partial charge is 0.428 e. The highest BCUT2D eigenvalue weighted by Crippen LogP contribution is 2.31. The smallest absolute Gasteiger partial charge is 0.279 e. The molecule has 0 atom stereocenters. The molecule has 1 aliphatic heterocycles. The molecule has 0 spiro atoms. The Hall–Kier alpha value is -2.59. The van der Waals surface area contributed by atoms with Gasteiger partial charge in [-0.2, -0.15) is 0 Å². The second-order valence-corrected chi connectivity index (χ2v) is 6.53. The van der Waals surface area contributed by atoms with Gasteiger partial charge in [-0.1, -0.05) is 11.3 Å². The van der Waals surface area contributed by atoms with Gasteiger partial charge in [0.05, 0.1) is 12.4 Å². The summed E-state index contributed by atoms with van der Waals surface area (Å²) in [5, 5.41) is 11.6. The molecule has 3 aromatic heterocycles. The van der Waals surface area contributed by atoms with E-state index in [2.05, 4.69) is 35.6 Å². The van der Waals surface area contributed by atoms with Gasteiger partial charge in [0.15, 0.2) is 16.8 Å². The van der Waals surface area contributed by atoms with Crippen molar-refractivity contribution in [1.29, 1.82) is 0 Å². The molecule has 122 valence electrons. The summed E-state index contributed by atoms with van der Waals surface area (Å²) < 4.78 is 5.62. The number of guanidine groups is 1.